The third-order valence-corrected chi connectivity index (χ3v) is 5.86. The predicted molar refractivity (Wildman–Crippen MR) is 102 cm³/mol. The van der Waals surface area contributed by atoms with Crippen LogP contribution in [0.2, 0.25) is 0 Å². The molecule has 1 N–H and O–H groups in total. The molecular weight excluding hydrogens is 344 g/mol. The first-order valence-corrected chi connectivity index (χ1v) is 9.72. The van der Waals surface area contributed by atoms with Gasteiger partial charge in [0.25, 0.3) is 11.5 Å². The number of amides is 1. The third-order valence-electron chi connectivity index (χ3n) is 5.86. The van der Waals surface area contributed by atoms with Crippen molar-refractivity contribution >= 4 is 22.6 Å². The number of aromatic amines is 1. The maximum absolute atomic E-state index is 12.6. The zero-order valence-electron chi connectivity index (χ0n) is 15.3. The molecule has 1 saturated heterocycles. The molecule has 1 aliphatic heterocycles. The van der Waals surface area contributed by atoms with Crippen molar-refractivity contribution in [2.45, 2.75) is 44.6 Å². The number of carbonyl (C=O) groups is 2. The van der Waals surface area contributed by atoms with Gasteiger partial charge in [-0.2, -0.15) is 0 Å². The normalized spacial score (nSPS) is 22.3. The van der Waals surface area contributed by atoms with Crippen molar-refractivity contribution < 1.29 is 14.3 Å². The lowest BCUT2D eigenvalue weighted by molar-refractivity contribution is -0.140. The molecule has 27 heavy (non-hydrogen) atoms. The van der Waals surface area contributed by atoms with Crippen LogP contribution in [0.5, 0.6) is 0 Å². The first-order chi connectivity index (χ1) is 13.1. The molecular formula is C21H24N2O4. The number of H-pyrrole nitrogens is 1. The Labute approximate surface area is 157 Å². The predicted octanol–water partition coefficient (Wildman–Crippen LogP) is 2.87. The second kappa shape index (κ2) is 7.55. The van der Waals surface area contributed by atoms with Crippen LogP contribution in [0, 0.1) is 5.92 Å². The SMILES string of the molecule is O=C(OCC(=O)N1CCC[C@H]2CCCC[C@@H]21)c1cc2ccccc2c(=O)[nH]1. The number of benzene rings is 1. The van der Waals surface area contributed by atoms with Gasteiger partial charge in [0.05, 0.1) is 0 Å². The lowest BCUT2D eigenvalue weighted by Crippen LogP contribution is -2.50. The molecule has 2 aliphatic rings. The van der Waals surface area contributed by atoms with Gasteiger partial charge in [-0.3, -0.25) is 9.59 Å². The lowest BCUT2D eigenvalue weighted by Gasteiger charge is -2.44. The largest absolute Gasteiger partial charge is 0.451 e. The fraction of sp³-hybridized carbons (Fsp3) is 0.476. The molecule has 4 rings (SSSR count). The molecule has 1 aromatic carbocycles. The van der Waals surface area contributed by atoms with Crippen molar-refractivity contribution in [2.24, 2.45) is 5.92 Å². The van der Waals surface area contributed by atoms with E-state index in [1.165, 1.54) is 19.3 Å². The van der Waals surface area contributed by atoms with Gasteiger partial charge >= 0.3 is 5.97 Å². The molecule has 0 radical (unpaired) electrons. The topological polar surface area (TPSA) is 79.5 Å². The zero-order valence-corrected chi connectivity index (χ0v) is 15.3. The Morgan fingerprint density at radius 2 is 1.89 bits per heavy atom. The summed E-state index contributed by atoms with van der Waals surface area (Å²) in [5, 5.41) is 1.18. The first kappa shape index (κ1) is 17.8. The number of nitrogens with one attached hydrogen (secondary N) is 1. The summed E-state index contributed by atoms with van der Waals surface area (Å²) < 4.78 is 5.23. The molecule has 1 amide bonds. The Hall–Kier alpha value is -2.63. The van der Waals surface area contributed by atoms with Gasteiger partial charge in [0.1, 0.15) is 5.69 Å². The van der Waals surface area contributed by atoms with Crippen LogP contribution < -0.4 is 5.56 Å². The van der Waals surface area contributed by atoms with Crippen LogP contribution in [-0.2, 0) is 9.53 Å². The molecule has 2 heterocycles. The first-order valence-electron chi connectivity index (χ1n) is 9.72. The van der Waals surface area contributed by atoms with E-state index in [0.717, 1.165) is 25.8 Å². The molecule has 2 aromatic rings. The minimum atomic E-state index is -0.677. The third kappa shape index (κ3) is 3.61. The summed E-state index contributed by atoms with van der Waals surface area (Å²) in [5.74, 6) is -0.226. The highest BCUT2D eigenvalue weighted by Gasteiger charge is 2.35. The molecule has 1 aliphatic carbocycles. The van der Waals surface area contributed by atoms with E-state index < -0.39 is 5.97 Å². The maximum atomic E-state index is 12.6. The van der Waals surface area contributed by atoms with Gasteiger partial charge in [-0.15, -0.1) is 0 Å². The van der Waals surface area contributed by atoms with E-state index in [0.29, 0.717) is 22.7 Å². The van der Waals surface area contributed by atoms with Gasteiger partial charge in [-0.1, -0.05) is 31.0 Å². The van der Waals surface area contributed by atoms with Gasteiger partial charge < -0.3 is 14.6 Å². The number of nitrogens with zero attached hydrogens (tertiary/aromatic N) is 1. The minimum Gasteiger partial charge on any atom is -0.451 e. The number of likely N-dealkylation sites (tertiary alicyclic amines) is 1. The summed E-state index contributed by atoms with van der Waals surface area (Å²) in [6, 6.07) is 8.91. The second-order valence-corrected chi connectivity index (χ2v) is 7.52. The summed E-state index contributed by atoms with van der Waals surface area (Å²) in [7, 11) is 0. The average molecular weight is 368 g/mol. The van der Waals surface area contributed by atoms with E-state index in [9.17, 15) is 14.4 Å². The average Bonchev–Trinajstić information content (AvgIpc) is 2.71. The number of hydrogen-bond donors (Lipinski definition) is 1. The van der Waals surface area contributed by atoms with Crippen LogP contribution in [0.15, 0.2) is 35.1 Å². The summed E-state index contributed by atoms with van der Waals surface area (Å²) >= 11 is 0. The van der Waals surface area contributed by atoms with Crippen molar-refractivity contribution in [3.8, 4) is 0 Å². The van der Waals surface area contributed by atoms with Crippen molar-refractivity contribution in [1.29, 1.82) is 0 Å². The number of carbonyl (C=O) groups excluding carboxylic acids is 2. The van der Waals surface area contributed by atoms with Crippen LogP contribution in [0.25, 0.3) is 10.8 Å². The quantitative estimate of drug-likeness (QED) is 0.845. The number of esters is 1. The molecule has 142 valence electrons. The Bertz CT molecular complexity index is 918. The van der Waals surface area contributed by atoms with E-state index in [-0.39, 0.29) is 23.8 Å². The molecule has 6 heteroatoms. The number of ether oxygens (including phenoxy) is 1. The van der Waals surface area contributed by atoms with Gasteiger partial charge in [-0.25, -0.2) is 4.79 Å². The van der Waals surface area contributed by atoms with E-state index in [1.54, 1.807) is 30.3 Å². The monoisotopic (exact) mass is 368 g/mol. The van der Waals surface area contributed by atoms with Crippen molar-refractivity contribution in [3.05, 3.63) is 46.4 Å². The number of fused-ring (bicyclic) bond motifs is 2. The van der Waals surface area contributed by atoms with Crippen molar-refractivity contribution in [2.75, 3.05) is 13.2 Å². The Balaban J connectivity index is 1.43. The van der Waals surface area contributed by atoms with Crippen LogP contribution >= 0.6 is 0 Å². The number of rotatable bonds is 3. The Morgan fingerprint density at radius 1 is 1.11 bits per heavy atom. The number of pyridine rings is 1. The highest BCUT2D eigenvalue weighted by Crippen LogP contribution is 2.35. The highest BCUT2D eigenvalue weighted by atomic mass is 16.5. The fourth-order valence-corrected chi connectivity index (χ4v) is 4.54. The van der Waals surface area contributed by atoms with Crippen molar-refractivity contribution in [1.82, 2.24) is 9.88 Å². The van der Waals surface area contributed by atoms with Crippen LogP contribution in [0.4, 0.5) is 0 Å². The highest BCUT2D eigenvalue weighted by molar-refractivity contribution is 5.94. The van der Waals surface area contributed by atoms with E-state index >= 15 is 0 Å². The maximum Gasteiger partial charge on any atom is 0.355 e. The Kier molecular flexibility index (Phi) is 4.97. The zero-order chi connectivity index (χ0) is 18.8. The number of piperidine rings is 1. The summed E-state index contributed by atoms with van der Waals surface area (Å²) in [6.45, 7) is 0.460. The standard InChI is InChI=1S/C21H24N2O4/c24-19(23-11-5-8-14-6-2-4-10-18(14)23)13-27-21(26)17-12-15-7-1-3-9-16(15)20(25)22-17/h1,3,7,9,12,14,18H,2,4-6,8,10-11,13H2,(H,22,25)/t14-,18+/m1/s1. The molecule has 0 unspecified atom stereocenters. The van der Waals surface area contributed by atoms with Gasteiger partial charge in [-0.05, 0) is 49.1 Å². The van der Waals surface area contributed by atoms with E-state index in [4.69, 9.17) is 4.74 Å². The molecule has 2 fully saturated rings. The summed E-state index contributed by atoms with van der Waals surface area (Å²) in [5.41, 5.74) is -0.270. The van der Waals surface area contributed by atoms with Crippen LogP contribution in [0.1, 0.15) is 49.0 Å². The molecule has 6 nitrogen and oxygen atoms in total. The van der Waals surface area contributed by atoms with Crippen molar-refractivity contribution in [3.63, 3.8) is 0 Å². The minimum absolute atomic E-state index is 0.0701. The lowest BCUT2D eigenvalue weighted by atomic mass is 9.78. The van der Waals surface area contributed by atoms with Gasteiger partial charge in [0.2, 0.25) is 0 Å². The molecule has 1 aromatic heterocycles. The molecule has 0 spiro atoms. The second-order valence-electron chi connectivity index (χ2n) is 7.52. The van der Waals surface area contributed by atoms with Gasteiger partial charge in [0, 0.05) is 18.0 Å². The summed E-state index contributed by atoms with van der Waals surface area (Å²) in [6.07, 6.45) is 6.83. The smallest absolute Gasteiger partial charge is 0.355 e. The summed E-state index contributed by atoms with van der Waals surface area (Å²) in [4.78, 5) is 41.6. The van der Waals surface area contributed by atoms with E-state index in [2.05, 4.69) is 4.98 Å². The number of aromatic nitrogens is 1. The fourth-order valence-electron chi connectivity index (χ4n) is 4.54. The Morgan fingerprint density at radius 3 is 2.78 bits per heavy atom. The van der Waals surface area contributed by atoms with Crippen LogP contribution in [0.3, 0.4) is 0 Å². The van der Waals surface area contributed by atoms with Gasteiger partial charge in [0.15, 0.2) is 6.61 Å². The number of hydrogen-bond acceptors (Lipinski definition) is 4. The molecule has 0 bridgehead atoms. The van der Waals surface area contributed by atoms with Crippen LogP contribution in [-0.4, -0.2) is 41.0 Å². The van der Waals surface area contributed by atoms with E-state index in [1.807, 2.05) is 4.90 Å². The molecule has 1 saturated carbocycles. The molecule has 2 atom stereocenters.